The monoisotopic (exact) mass is 258 g/mol. The number of pyridine rings is 1. The maximum Gasteiger partial charge on any atom is 0.213 e. The van der Waals surface area contributed by atoms with E-state index in [9.17, 15) is 0 Å². The Morgan fingerprint density at radius 1 is 0.750 bits per heavy atom. The highest BCUT2D eigenvalue weighted by molar-refractivity contribution is 5.68. The van der Waals surface area contributed by atoms with Crippen LogP contribution in [-0.2, 0) is 0 Å². The molecule has 0 bridgehead atoms. The van der Waals surface area contributed by atoms with Gasteiger partial charge < -0.3 is 0 Å². The van der Waals surface area contributed by atoms with E-state index in [1.54, 1.807) is 0 Å². The third-order valence-corrected chi connectivity index (χ3v) is 4.19. The van der Waals surface area contributed by atoms with E-state index in [2.05, 4.69) is 84.4 Å². The smallest absolute Gasteiger partial charge is 0.191 e. The van der Waals surface area contributed by atoms with Crippen molar-refractivity contribution in [2.75, 3.05) is 0 Å². The molecule has 0 amide bonds. The second-order valence-electron chi connectivity index (χ2n) is 5.34. The van der Waals surface area contributed by atoms with Crippen LogP contribution in [0, 0.1) is 0 Å². The molecule has 2 aromatic carbocycles. The molecule has 0 aliphatic carbocycles. The Hall–Kier alpha value is -2.41. The highest BCUT2D eigenvalue weighted by Crippen LogP contribution is 2.33. The van der Waals surface area contributed by atoms with E-state index >= 15 is 0 Å². The van der Waals surface area contributed by atoms with E-state index in [1.807, 2.05) is 0 Å². The molecule has 0 spiro atoms. The second kappa shape index (κ2) is 4.31. The lowest BCUT2D eigenvalue weighted by molar-refractivity contribution is -0.693. The molecule has 0 saturated carbocycles. The Morgan fingerprint density at radius 2 is 1.50 bits per heavy atom. The number of fused-ring (bicyclic) bond motifs is 3. The van der Waals surface area contributed by atoms with Crippen LogP contribution in [-0.4, -0.2) is 0 Å². The average molecular weight is 258 g/mol. The minimum absolute atomic E-state index is 0.407. The quantitative estimate of drug-likeness (QED) is 0.575. The summed E-state index contributed by atoms with van der Waals surface area (Å²) < 4.78 is 2.38. The lowest BCUT2D eigenvalue weighted by Crippen LogP contribution is -2.35. The molecule has 1 heteroatoms. The van der Waals surface area contributed by atoms with E-state index in [4.69, 9.17) is 0 Å². The highest BCUT2D eigenvalue weighted by Gasteiger charge is 2.32. The Kier molecular flexibility index (Phi) is 2.46. The minimum Gasteiger partial charge on any atom is -0.191 e. The molecule has 3 aromatic rings. The molecule has 1 aliphatic heterocycles. The fourth-order valence-corrected chi connectivity index (χ4v) is 3.11. The van der Waals surface area contributed by atoms with Crippen LogP contribution in [0.2, 0.25) is 0 Å². The molecule has 20 heavy (non-hydrogen) atoms. The van der Waals surface area contributed by atoms with E-state index in [0.29, 0.717) is 6.04 Å². The molecular formula is C19H16N+. The number of hydrogen-bond acceptors (Lipinski definition) is 0. The van der Waals surface area contributed by atoms with Gasteiger partial charge in [-0.05, 0) is 17.7 Å². The molecule has 1 aliphatic rings. The summed E-state index contributed by atoms with van der Waals surface area (Å²) in [5.41, 5.74) is 6.63. The number of hydrogen-bond donors (Lipinski definition) is 0. The molecule has 0 N–H and O–H groups in total. The predicted molar refractivity (Wildman–Crippen MR) is 81.3 cm³/mol. The lowest BCUT2D eigenvalue weighted by atomic mass is 10.0. The lowest BCUT2D eigenvalue weighted by Gasteiger charge is -2.04. The molecule has 0 saturated heterocycles. The van der Waals surface area contributed by atoms with Crippen LogP contribution in [0.3, 0.4) is 0 Å². The van der Waals surface area contributed by atoms with Crippen LogP contribution < -0.4 is 4.57 Å². The van der Waals surface area contributed by atoms with Gasteiger partial charge in [0.2, 0.25) is 5.69 Å². The number of nitrogens with zero attached hydrogens (tertiary/aromatic N) is 1. The topological polar surface area (TPSA) is 3.88 Å². The van der Waals surface area contributed by atoms with Crippen molar-refractivity contribution >= 4 is 0 Å². The SMILES string of the molecule is CC1c2ccccc2-c2ccc(-c3ccccc3)c[n+]21. The normalized spacial score (nSPS) is 15.8. The molecule has 2 heterocycles. The first-order valence-electron chi connectivity index (χ1n) is 7.04. The van der Waals surface area contributed by atoms with E-state index in [-0.39, 0.29) is 0 Å². The van der Waals surface area contributed by atoms with Crippen molar-refractivity contribution in [3.8, 4) is 22.4 Å². The van der Waals surface area contributed by atoms with Gasteiger partial charge in [0.1, 0.15) is 0 Å². The van der Waals surface area contributed by atoms with Crippen LogP contribution >= 0.6 is 0 Å². The zero-order chi connectivity index (χ0) is 13.5. The van der Waals surface area contributed by atoms with Crippen molar-refractivity contribution in [1.82, 2.24) is 0 Å². The fraction of sp³-hybridized carbons (Fsp3) is 0.105. The summed E-state index contributed by atoms with van der Waals surface area (Å²) in [5, 5.41) is 0. The molecule has 1 aromatic heterocycles. The number of aromatic nitrogens is 1. The van der Waals surface area contributed by atoms with E-state index in [0.717, 1.165) is 0 Å². The molecule has 96 valence electrons. The maximum absolute atomic E-state index is 2.38. The van der Waals surface area contributed by atoms with Gasteiger partial charge in [0.05, 0.1) is 5.56 Å². The summed E-state index contributed by atoms with van der Waals surface area (Å²) in [4.78, 5) is 0. The van der Waals surface area contributed by atoms with Crippen molar-refractivity contribution in [3.05, 3.63) is 78.5 Å². The first-order chi connectivity index (χ1) is 9.84. The highest BCUT2D eigenvalue weighted by atomic mass is 15.0. The first-order valence-corrected chi connectivity index (χ1v) is 7.04. The maximum atomic E-state index is 2.38. The van der Waals surface area contributed by atoms with Crippen LogP contribution in [0.1, 0.15) is 18.5 Å². The zero-order valence-corrected chi connectivity index (χ0v) is 11.5. The van der Waals surface area contributed by atoms with Gasteiger partial charge in [-0.25, -0.2) is 0 Å². The average Bonchev–Trinajstić information content (AvgIpc) is 2.81. The molecule has 1 atom stereocenters. The first kappa shape index (κ1) is 11.4. The van der Waals surface area contributed by atoms with Gasteiger partial charge in [0.25, 0.3) is 0 Å². The van der Waals surface area contributed by atoms with Gasteiger partial charge in [-0.3, -0.25) is 0 Å². The summed E-state index contributed by atoms with van der Waals surface area (Å²) in [7, 11) is 0. The summed E-state index contributed by atoms with van der Waals surface area (Å²) in [6.45, 7) is 2.27. The Bertz CT molecular complexity index is 775. The molecule has 1 unspecified atom stereocenters. The van der Waals surface area contributed by atoms with Crippen LogP contribution in [0.15, 0.2) is 72.9 Å². The zero-order valence-electron chi connectivity index (χ0n) is 11.5. The third-order valence-electron chi connectivity index (χ3n) is 4.19. The minimum atomic E-state index is 0.407. The molecule has 0 fully saturated rings. The Morgan fingerprint density at radius 3 is 2.35 bits per heavy atom. The van der Waals surface area contributed by atoms with E-state index in [1.165, 1.54) is 27.9 Å². The van der Waals surface area contributed by atoms with Crippen LogP contribution in [0.25, 0.3) is 22.4 Å². The Balaban J connectivity index is 1.89. The van der Waals surface area contributed by atoms with Crippen LogP contribution in [0.4, 0.5) is 0 Å². The summed E-state index contributed by atoms with van der Waals surface area (Å²) in [6.07, 6.45) is 2.27. The second-order valence-corrected chi connectivity index (χ2v) is 5.34. The van der Waals surface area contributed by atoms with Crippen molar-refractivity contribution in [2.24, 2.45) is 0 Å². The fourth-order valence-electron chi connectivity index (χ4n) is 3.11. The number of benzene rings is 2. The van der Waals surface area contributed by atoms with Crippen LogP contribution in [0.5, 0.6) is 0 Å². The van der Waals surface area contributed by atoms with Gasteiger partial charge in [-0.15, -0.1) is 0 Å². The number of rotatable bonds is 1. The summed E-state index contributed by atoms with van der Waals surface area (Å²) in [6, 6.07) is 24.1. The molecule has 0 radical (unpaired) electrons. The summed E-state index contributed by atoms with van der Waals surface area (Å²) >= 11 is 0. The van der Waals surface area contributed by atoms with Gasteiger partial charge in [-0.1, -0.05) is 48.5 Å². The van der Waals surface area contributed by atoms with Crippen molar-refractivity contribution in [3.63, 3.8) is 0 Å². The van der Waals surface area contributed by atoms with Gasteiger partial charge in [0, 0.05) is 24.1 Å². The largest absolute Gasteiger partial charge is 0.213 e. The standard InChI is InChI=1S/C19H16N/c1-14-17-9-5-6-10-18(17)19-12-11-16(13-20(14)19)15-7-3-2-4-8-15/h2-14H,1H3/q+1. The van der Waals surface area contributed by atoms with Crippen molar-refractivity contribution < 1.29 is 4.57 Å². The molecule has 1 nitrogen and oxygen atoms in total. The third kappa shape index (κ3) is 1.60. The van der Waals surface area contributed by atoms with Gasteiger partial charge >= 0.3 is 0 Å². The molecule has 4 rings (SSSR count). The van der Waals surface area contributed by atoms with Crippen molar-refractivity contribution in [2.45, 2.75) is 13.0 Å². The Labute approximate surface area is 119 Å². The van der Waals surface area contributed by atoms with E-state index < -0.39 is 0 Å². The molecular weight excluding hydrogens is 242 g/mol. The van der Waals surface area contributed by atoms with Crippen molar-refractivity contribution in [1.29, 1.82) is 0 Å². The predicted octanol–water partition coefficient (Wildman–Crippen LogP) is 4.23. The summed E-state index contributed by atoms with van der Waals surface area (Å²) in [5.74, 6) is 0. The van der Waals surface area contributed by atoms with Gasteiger partial charge in [0.15, 0.2) is 12.2 Å². The van der Waals surface area contributed by atoms with Gasteiger partial charge in [-0.2, -0.15) is 4.57 Å².